The molecule has 1 saturated carbocycles. The van der Waals surface area contributed by atoms with Gasteiger partial charge in [-0.2, -0.15) is 8.78 Å². The second kappa shape index (κ2) is 6.93. The number of rotatable bonds is 6. The Morgan fingerprint density at radius 2 is 2.12 bits per heavy atom. The number of benzene rings is 1. The van der Waals surface area contributed by atoms with Crippen LogP contribution in [0.15, 0.2) is 18.2 Å². The lowest BCUT2D eigenvalue weighted by Crippen LogP contribution is -2.33. The Balaban J connectivity index is 1.57. The van der Waals surface area contributed by atoms with Crippen molar-refractivity contribution in [1.82, 2.24) is 10.6 Å². The van der Waals surface area contributed by atoms with Gasteiger partial charge >= 0.3 is 6.61 Å². The fraction of sp³-hybridized carbons (Fsp3) is 0.588. The van der Waals surface area contributed by atoms with E-state index in [1.54, 1.807) is 12.1 Å². The molecule has 1 spiro atoms. The molecule has 0 bridgehead atoms. The van der Waals surface area contributed by atoms with Gasteiger partial charge in [-0.25, -0.2) is 0 Å². The second-order valence-corrected chi connectivity index (χ2v) is 6.45. The van der Waals surface area contributed by atoms with Crippen molar-refractivity contribution in [2.45, 2.75) is 32.4 Å². The third-order valence-electron chi connectivity index (χ3n) is 5.02. The van der Waals surface area contributed by atoms with E-state index in [0.29, 0.717) is 5.56 Å². The first kappa shape index (κ1) is 17.0. The number of amides is 1. The molecule has 2 N–H and O–H groups in total. The first-order valence-corrected chi connectivity index (χ1v) is 8.14. The van der Waals surface area contributed by atoms with Gasteiger partial charge in [-0.15, -0.1) is 0 Å². The van der Waals surface area contributed by atoms with Crippen LogP contribution in [-0.4, -0.2) is 32.7 Å². The van der Waals surface area contributed by atoms with Crippen molar-refractivity contribution in [2.24, 2.45) is 11.3 Å². The molecule has 7 heteroatoms. The van der Waals surface area contributed by atoms with E-state index in [-0.39, 0.29) is 35.3 Å². The number of piperidine rings is 1. The van der Waals surface area contributed by atoms with Crippen molar-refractivity contribution in [3.63, 3.8) is 0 Å². The molecule has 1 atom stereocenters. The van der Waals surface area contributed by atoms with Crippen molar-refractivity contribution in [3.8, 4) is 11.5 Å². The summed E-state index contributed by atoms with van der Waals surface area (Å²) >= 11 is 0. The molecule has 0 radical (unpaired) electrons. The monoisotopic (exact) mass is 340 g/mol. The van der Waals surface area contributed by atoms with Gasteiger partial charge in [0.15, 0.2) is 11.5 Å². The Hall–Kier alpha value is -1.89. The van der Waals surface area contributed by atoms with Crippen molar-refractivity contribution >= 4 is 5.91 Å². The number of carbonyl (C=O) groups is 1. The molecular formula is C17H22F2N2O3. The Bertz CT molecular complexity index is 603. The van der Waals surface area contributed by atoms with Gasteiger partial charge in [0.25, 0.3) is 0 Å². The minimum absolute atomic E-state index is 0.0273. The van der Waals surface area contributed by atoms with E-state index in [9.17, 15) is 13.6 Å². The molecule has 1 aromatic carbocycles. The molecule has 1 amide bonds. The molecular weight excluding hydrogens is 318 g/mol. The van der Waals surface area contributed by atoms with E-state index in [4.69, 9.17) is 4.74 Å². The number of halogens is 2. The predicted molar refractivity (Wildman–Crippen MR) is 84.1 cm³/mol. The largest absolute Gasteiger partial charge is 0.493 e. The highest BCUT2D eigenvalue weighted by Crippen LogP contribution is 2.58. The number of ether oxygens (including phenoxy) is 2. The van der Waals surface area contributed by atoms with E-state index in [1.165, 1.54) is 13.2 Å². The number of methoxy groups -OCH3 is 1. The molecule has 24 heavy (non-hydrogen) atoms. The first-order valence-electron chi connectivity index (χ1n) is 8.14. The first-order chi connectivity index (χ1) is 11.5. The van der Waals surface area contributed by atoms with Crippen LogP contribution in [0.1, 0.15) is 24.8 Å². The number of hydrogen-bond donors (Lipinski definition) is 2. The van der Waals surface area contributed by atoms with E-state index in [1.807, 2.05) is 0 Å². The molecule has 2 fully saturated rings. The predicted octanol–water partition coefficient (Wildman–Crippen LogP) is 2.30. The summed E-state index contributed by atoms with van der Waals surface area (Å²) in [5.74, 6) is 0.334. The van der Waals surface area contributed by atoms with Gasteiger partial charge in [0.1, 0.15) is 0 Å². The van der Waals surface area contributed by atoms with Crippen molar-refractivity contribution < 1.29 is 23.0 Å². The van der Waals surface area contributed by atoms with Crippen molar-refractivity contribution in [1.29, 1.82) is 0 Å². The van der Waals surface area contributed by atoms with Gasteiger partial charge < -0.3 is 20.1 Å². The average Bonchev–Trinajstić information content (AvgIpc) is 3.26. The lowest BCUT2D eigenvalue weighted by Gasteiger charge is -2.23. The van der Waals surface area contributed by atoms with Crippen molar-refractivity contribution in [2.75, 3.05) is 20.2 Å². The number of nitrogens with one attached hydrogen (secondary N) is 2. The molecule has 1 unspecified atom stereocenters. The summed E-state index contributed by atoms with van der Waals surface area (Å²) in [6.07, 6.45) is 3.03. The smallest absolute Gasteiger partial charge is 0.387 e. The molecule has 1 aliphatic carbocycles. The zero-order valence-electron chi connectivity index (χ0n) is 13.6. The van der Waals surface area contributed by atoms with Gasteiger partial charge in [-0.1, -0.05) is 6.07 Å². The lowest BCUT2D eigenvalue weighted by atomic mass is 9.92. The van der Waals surface area contributed by atoms with Crippen LogP contribution in [0.5, 0.6) is 11.5 Å². The van der Waals surface area contributed by atoms with E-state index in [0.717, 1.165) is 32.4 Å². The molecule has 0 aromatic heterocycles. The van der Waals surface area contributed by atoms with E-state index >= 15 is 0 Å². The average molecular weight is 340 g/mol. The molecule has 1 saturated heterocycles. The summed E-state index contributed by atoms with van der Waals surface area (Å²) in [7, 11) is 1.39. The Labute approximate surface area is 139 Å². The molecule has 5 nitrogen and oxygen atoms in total. The zero-order valence-corrected chi connectivity index (χ0v) is 13.6. The Morgan fingerprint density at radius 1 is 1.38 bits per heavy atom. The summed E-state index contributed by atoms with van der Waals surface area (Å²) in [4.78, 5) is 12.3. The Kier molecular flexibility index (Phi) is 4.89. The van der Waals surface area contributed by atoms with Gasteiger partial charge in [0.05, 0.1) is 7.11 Å². The second-order valence-electron chi connectivity index (χ2n) is 6.45. The quantitative estimate of drug-likeness (QED) is 0.834. The fourth-order valence-electron chi connectivity index (χ4n) is 3.53. The highest BCUT2D eigenvalue weighted by Gasteiger charge is 2.57. The standard InChI is InChI=1S/C17H22F2N2O3/c1-23-13-3-2-11(8-14(13)24-16(18)19)10-21-15(22)12-9-17(12)4-6-20-7-5-17/h2-3,8,12,16,20H,4-7,9-10H2,1H3,(H,21,22). The minimum atomic E-state index is -2.92. The molecule has 132 valence electrons. The highest BCUT2D eigenvalue weighted by atomic mass is 19.3. The highest BCUT2D eigenvalue weighted by molar-refractivity contribution is 5.82. The lowest BCUT2D eigenvalue weighted by molar-refractivity contribution is -0.123. The summed E-state index contributed by atoms with van der Waals surface area (Å²) in [6.45, 7) is -0.699. The van der Waals surface area contributed by atoms with Crippen LogP contribution >= 0.6 is 0 Å². The molecule has 1 aromatic rings. The summed E-state index contributed by atoms with van der Waals surface area (Å²) in [5.41, 5.74) is 0.874. The van der Waals surface area contributed by atoms with Gasteiger partial charge in [-0.3, -0.25) is 4.79 Å². The van der Waals surface area contributed by atoms with Gasteiger partial charge in [0.2, 0.25) is 5.91 Å². The van der Waals surface area contributed by atoms with Crippen molar-refractivity contribution in [3.05, 3.63) is 23.8 Å². The Morgan fingerprint density at radius 3 is 2.79 bits per heavy atom. The number of carbonyl (C=O) groups excluding carboxylic acids is 1. The third kappa shape index (κ3) is 3.61. The maximum absolute atomic E-state index is 12.4. The maximum atomic E-state index is 12.4. The van der Waals surface area contributed by atoms with E-state index < -0.39 is 6.61 Å². The number of hydrogen-bond acceptors (Lipinski definition) is 4. The van der Waals surface area contributed by atoms with Crippen LogP contribution in [0.2, 0.25) is 0 Å². The SMILES string of the molecule is COc1ccc(CNC(=O)C2CC23CCNCC3)cc1OC(F)F. The summed E-state index contributed by atoms with van der Waals surface area (Å²) in [6, 6.07) is 4.76. The number of alkyl halides is 2. The van der Waals surface area contributed by atoms with Crippen LogP contribution in [0.3, 0.4) is 0 Å². The molecule has 1 heterocycles. The molecule has 1 aliphatic heterocycles. The fourth-order valence-corrected chi connectivity index (χ4v) is 3.53. The van der Waals surface area contributed by atoms with E-state index in [2.05, 4.69) is 15.4 Å². The summed E-state index contributed by atoms with van der Waals surface area (Å²) < 4.78 is 34.3. The molecule has 3 rings (SSSR count). The minimum Gasteiger partial charge on any atom is -0.493 e. The third-order valence-corrected chi connectivity index (χ3v) is 5.02. The van der Waals surface area contributed by atoms with Gasteiger partial charge in [-0.05, 0) is 55.5 Å². The van der Waals surface area contributed by atoms with Crippen LogP contribution in [0.4, 0.5) is 8.78 Å². The summed E-state index contributed by atoms with van der Waals surface area (Å²) in [5, 5.41) is 6.22. The topological polar surface area (TPSA) is 59.6 Å². The van der Waals surface area contributed by atoms with Crippen LogP contribution < -0.4 is 20.1 Å². The molecule has 2 aliphatic rings. The van der Waals surface area contributed by atoms with Crippen LogP contribution in [0, 0.1) is 11.3 Å². The van der Waals surface area contributed by atoms with Crippen LogP contribution in [0.25, 0.3) is 0 Å². The van der Waals surface area contributed by atoms with Gasteiger partial charge in [0, 0.05) is 12.5 Å². The van der Waals surface area contributed by atoms with Crippen LogP contribution in [-0.2, 0) is 11.3 Å². The zero-order chi connectivity index (χ0) is 17.2. The normalized spacial score (nSPS) is 21.6. The maximum Gasteiger partial charge on any atom is 0.387 e.